The van der Waals surface area contributed by atoms with E-state index in [-0.39, 0.29) is 11.7 Å². The normalized spacial score (nSPS) is 10.2. The zero-order valence-electron chi connectivity index (χ0n) is 10.1. The first-order valence-corrected chi connectivity index (χ1v) is 5.85. The number of halogens is 1. The molecule has 3 nitrogen and oxygen atoms in total. The van der Waals surface area contributed by atoms with Crippen molar-refractivity contribution in [3.05, 3.63) is 52.7 Å². The van der Waals surface area contributed by atoms with E-state index in [1.165, 1.54) is 6.92 Å². The molecule has 0 aliphatic carbocycles. The number of pyridine rings is 1. The van der Waals surface area contributed by atoms with Gasteiger partial charge in [-0.2, -0.15) is 0 Å². The molecule has 0 radical (unpaired) electrons. The van der Waals surface area contributed by atoms with Gasteiger partial charge in [0, 0.05) is 6.20 Å². The third-order valence-corrected chi connectivity index (χ3v) is 2.76. The SMILES string of the molecule is CC(=O)c1cccnc1Oc1cc(C)ccc1Cl. The second kappa shape index (κ2) is 5.19. The van der Waals surface area contributed by atoms with Crippen molar-refractivity contribution in [2.75, 3.05) is 0 Å². The minimum atomic E-state index is -0.0955. The van der Waals surface area contributed by atoms with E-state index in [4.69, 9.17) is 16.3 Å². The second-order valence-corrected chi connectivity index (χ2v) is 4.36. The van der Waals surface area contributed by atoms with Crippen molar-refractivity contribution < 1.29 is 9.53 Å². The van der Waals surface area contributed by atoms with E-state index >= 15 is 0 Å². The number of carbonyl (C=O) groups excluding carboxylic acids is 1. The molecule has 92 valence electrons. The summed E-state index contributed by atoms with van der Waals surface area (Å²) in [5, 5.41) is 0.487. The fourth-order valence-corrected chi connectivity index (χ4v) is 1.69. The summed E-state index contributed by atoms with van der Waals surface area (Å²) in [6, 6.07) is 8.82. The van der Waals surface area contributed by atoms with Crippen LogP contribution in [0.5, 0.6) is 11.6 Å². The van der Waals surface area contributed by atoms with Crippen LogP contribution < -0.4 is 4.74 Å². The third kappa shape index (κ3) is 2.68. The predicted molar refractivity (Wildman–Crippen MR) is 70.5 cm³/mol. The lowest BCUT2D eigenvalue weighted by Crippen LogP contribution is -1.99. The summed E-state index contributed by atoms with van der Waals surface area (Å²) in [6.45, 7) is 3.41. The molecule has 1 aromatic heterocycles. The third-order valence-electron chi connectivity index (χ3n) is 2.44. The van der Waals surface area contributed by atoms with Gasteiger partial charge in [-0.1, -0.05) is 17.7 Å². The van der Waals surface area contributed by atoms with Crippen molar-refractivity contribution in [2.24, 2.45) is 0 Å². The first-order valence-electron chi connectivity index (χ1n) is 5.48. The summed E-state index contributed by atoms with van der Waals surface area (Å²) in [5.41, 5.74) is 1.46. The lowest BCUT2D eigenvalue weighted by molar-refractivity contribution is 0.101. The van der Waals surface area contributed by atoms with Crippen molar-refractivity contribution in [1.29, 1.82) is 0 Å². The average Bonchev–Trinajstić information content (AvgIpc) is 2.34. The number of benzene rings is 1. The smallest absolute Gasteiger partial charge is 0.230 e. The van der Waals surface area contributed by atoms with E-state index in [2.05, 4.69) is 4.98 Å². The van der Waals surface area contributed by atoms with Crippen LogP contribution in [-0.2, 0) is 0 Å². The predicted octanol–water partition coefficient (Wildman–Crippen LogP) is 4.04. The van der Waals surface area contributed by atoms with Gasteiger partial charge in [0.2, 0.25) is 5.88 Å². The fraction of sp³-hybridized carbons (Fsp3) is 0.143. The monoisotopic (exact) mass is 261 g/mol. The number of carbonyl (C=O) groups is 1. The Labute approximate surface area is 110 Å². The Balaban J connectivity index is 2.40. The van der Waals surface area contributed by atoms with Gasteiger partial charge in [-0.15, -0.1) is 0 Å². The highest BCUT2D eigenvalue weighted by Gasteiger charge is 2.11. The van der Waals surface area contributed by atoms with Crippen LogP contribution in [0.1, 0.15) is 22.8 Å². The number of Topliss-reactive ketones (excluding diaryl/α,β-unsaturated/α-hetero) is 1. The molecule has 0 spiro atoms. The van der Waals surface area contributed by atoms with Crippen LogP contribution in [0.3, 0.4) is 0 Å². The zero-order valence-corrected chi connectivity index (χ0v) is 10.9. The molecule has 18 heavy (non-hydrogen) atoms. The van der Waals surface area contributed by atoms with Gasteiger partial charge in [0.25, 0.3) is 0 Å². The molecule has 0 atom stereocenters. The van der Waals surface area contributed by atoms with Gasteiger partial charge in [0.1, 0.15) is 5.75 Å². The Morgan fingerprint density at radius 3 is 2.83 bits per heavy atom. The minimum Gasteiger partial charge on any atom is -0.437 e. The van der Waals surface area contributed by atoms with Gasteiger partial charge >= 0.3 is 0 Å². The largest absolute Gasteiger partial charge is 0.437 e. The van der Waals surface area contributed by atoms with Gasteiger partial charge in [0.05, 0.1) is 10.6 Å². The van der Waals surface area contributed by atoms with Crippen LogP contribution >= 0.6 is 11.6 Å². The summed E-state index contributed by atoms with van der Waals surface area (Å²) in [4.78, 5) is 15.5. The molecule has 4 heteroatoms. The van der Waals surface area contributed by atoms with E-state index < -0.39 is 0 Å². The van der Waals surface area contributed by atoms with Crippen LogP contribution in [-0.4, -0.2) is 10.8 Å². The van der Waals surface area contributed by atoms with Gasteiger partial charge < -0.3 is 4.74 Å². The maximum atomic E-state index is 11.5. The number of nitrogens with zero attached hydrogens (tertiary/aromatic N) is 1. The topological polar surface area (TPSA) is 39.2 Å². The van der Waals surface area contributed by atoms with Crippen LogP contribution in [0.25, 0.3) is 0 Å². The van der Waals surface area contributed by atoms with Gasteiger partial charge in [0.15, 0.2) is 5.78 Å². The first kappa shape index (κ1) is 12.6. The Hall–Kier alpha value is -1.87. The molecule has 1 heterocycles. The van der Waals surface area contributed by atoms with Crippen LogP contribution in [0, 0.1) is 6.92 Å². The zero-order chi connectivity index (χ0) is 13.1. The number of aromatic nitrogens is 1. The Bertz CT molecular complexity index is 596. The summed E-state index contributed by atoms with van der Waals surface area (Å²) >= 11 is 6.04. The van der Waals surface area contributed by atoms with E-state index in [1.807, 2.05) is 13.0 Å². The molecule has 0 fully saturated rings. The molecule has 0 amide bonds. The molecule has 0 N–H and O–H groups in total. The summed E-state index contributed by atoms with van der Waals surface area (Å²) < 4.78 is 5.62. The van der Waals surface area contributed by atoms with Crippen LogP contribution in [0.4, 0.5) is 0 Å². The maximum absolute atomic E-state index is 11.5. The van der Waals surface area contributed by atoms with Crippen molar-refractivity contribution >= 4 is 17.4 Å². The molecule has 0 bridgehead atoms. The first-order chi connectivity index (χ1) is 8.58. The summed E-state index contributed by atoms with van der Waals surface area (Å²) in [6.07, 6.45) is 1.57. The van der Waals surface area contributed by atoms with Gasteiger partial charge in [-0.05, 0) is 43.7 Å². The molecular formula is C14H12ClNO2. The van der Waals surface area contributed by atoms with E-state index in [9.17, 15) is 4.79 Å². The quantitative estimate of drug-likeness (QED) is 0.783. The Morgan fingerprint density at radius 1 is 1.33 bits per heavy atom. The van der Waals surface area contributed by atoms with Crippen molar-refractivity contribution in [3.63, 3.8) is 0 Å². The lowest BCUT2D eigenvalue weighted by Gasteiger charge is -2.09. The van der Waals surface area contributed by atoms with Crippen molar-refractivity contribution in [1.82, 2.24) is 4.98 Å². The maximum Gasteiger partial charge on any atom is 0.230 e. The number of rotatable bonds is 3. The Kier molecular flexibility index (Phi) is 3.63. The Morgan fingerprint density at radius 2 is 2.11 bits per heavy atom. The molecule has 0 aliphatic rings. The summed E-state index contributed by atoms with van der Waals surface area (Å²) in [5.74, 6) is 0.678. The molecule has 0 saturated carbocycles. The van der Waals surface area contributed by atoms with E-state index in [0.717, 1.165) is 5.56 Å². The number of hydrogen-bond acceptors (Lipinski definition) is 3. The highest BCUT2D eigenvalue weighted by atomic mass is 35.5. The van der Waals surface area contributed by atoms with Crippen molar-refractivity contribution in [3.8, 4) is 11.6 Å². The van der Waals surface area contributed by atoms with Gasteiger partial charge in [-0.25, -0.2) is 4.98 Å². The molecule has 0 aliphatic heterocycles. The number of ether oxygens (including phenoxy) is 1. The molecule has 2 aromatic rings. The van der Waals surface area contributed by atoms with Crippen LogP contribution in [0.15, 0.2) is 36.5 Å². The molecule has 1 aromatic carbocycles. The average molecular weight is 262 g/mol. The van der Waals surface area contributed by atoms with E-state index in [0.29, 0.717) is 16.3 Å². The molecule has 2 rings (SSSR count). The molecular weight excluding hydrogens is 250 g/mol. The minimum absolute atomic E-state index is 0.0955. The highest BCUT2D eigenvalue weighted by Crippen LogP contribution is 2.30. The van der Waals surface area contributed by atoms with Gasteiger partial charge in [-0.3, -0.25) is 4.79 Å². The lowest BCUT2D eigenvalue weighted by atomic mass is 10.2. The highest BCUT2D eigenvalue weighted by molar-refractivity contribution is 6.32. The van der Waals surface area contributed by atoms with Crippen molar-refractivity contribution in [2.45, 2.75) is 13.8 Å². The fourth-order valence-electron chi connectivity index (χ4n) is 1.53. The number of ketones is 1. The van der Waals surface area contributed by atoms with E-state index in [1.54, 1.807) is 30.5 Å². The van der Waals surface area contributed by atoms with Crippen LogP contribution in [0.2, 0.25) is 5.02 Å². The number of hydrogen-bond donors (Lipinski definition) is 0. The summed E-state index contributed by atoms with van der Waals surface area (Å²) in [7, 11) is 0. The molecule has 0 unspecified atom stereocenters. The standard InChI is InChI=1S/C14H12ClNO2/c1-9-5-6-12(15)13(8-9)18-14-11(10(2)17)4-3-7-16-14/h3-8H,1-2H3. The molecule has 0 saturated heterocycles. The second-order valence-electron chi connectivity index (χ2n) is 3.95. The number of aryl methyl sites for hydroxylation is 1.